The predicted octanol–water partition coefficient (Wildman–Crippen LogP) is 13.6. The molecule has 1 radical (unpaired) electrons. The van der Waals surface area contributed by atoms with E-state index in [1.54, 1.807) is 0 Å². The molecule has 0 rings (SSSR count). The van der Waals surface area contributed by atoms with Gasteiger partial charge in [0.15, 0.2) is 6.29 Å². The summed E-state index contributed by atoms with van der Waals surface area (Å²) in [4.78, 5) is 10.2. The molecule has 0 aromatic carbocycles. The molecule has 0 fully saturated rings. The quantitative estimate of drug-likeness (QED) is 0.0594. The largest absolute Gasteiger partial charge is 0.291 e. The molecule has 1 atom stereocenters. The van der Waals surface area contributed by atoms with E-state index in [0.29, 0.717) is 6.42 Å². The Morgan fingerprint density at radius 2 is 0.795 bits per heavy atom. The number of allylic oxidation sites excluding steroid dienone is 4. The number of hydrogen-bond acceptors (Lipinski definition) is 1. The van der Waals surface area contributed by atoms with Gasteiger partial charge in [0, 0.05) is 6.42 Å². The van der Waals surface area contributed by atoms with Crippen LogP contribution in [0.25, 0.3) is 0 Å². The molecule has 39 heavy (non-hydrogen) atoms. The molecule has 0 amide bonds. The highest BCUT2D eigenvalue weighted by Crippen LogP contribution is 2.24. The lowest BCUT2D eigenvalue weighted by Crippen LogP contribution is -2.01. The van der Waals surface area contributed by atoms with E-state index in [0.717, 1.165) is 18.8 Å². The molecule has 0 aliphatic rings. The van der Waals surface area contributed by atoms with Crippen LogP contribution in [0.15, 0.2) is 24.3 Å². The summed E-state index contributed by atoms with van der Waals surface area (Å²) in [6.07, 6.45) is 52.0. The molecule has 0 bridgehead atoms. The second-order valence-electron chi connectivity index (χ2n) is 12.3. The Hall–Kier alpha value is -0.850. The molecule has 0 spiro atoms. The summed E-state index contributed by atoms with van der Waals surface area (Å²) >= 11 is 0. The first-order chi connectivity index (χ1) is 19.3. The maximum absolute atomic E-state index is 10.2. The summed E-state index contributed by atoms with van der Waals surface area (Å²) in [7, 11) is 0. The molecule has 0 saturated carbocycles. The van der Waals surface area contributed by atoms with Crippen LogP contribution in [-0.2, 0) is 4.79 Å². The maximum Gasteiger partial charge on any atom is 0.198 e. The number of rotatable bonds is 33. The van der Waals surface area contributed by atoms with Gasteiger partial charge in [-0.2, -0.15) is 0 Å². The summed E-state index contributed by atoms with van der Waals surface area (Å²) in [5.74, 6) is 0.997. The fraction of sp³-hybridized carbons (Fsp3) is 0.868. The van der Waals surface area contributed by atoms with Crippen LogP contribution in [0.5, 0.6) is 0 Å². The lowest BCUT2D eigenvalue weighted by atomic mass is 9.89. The highest BCUT2D eigenvalue weighted by molar-refractivity contribution is 5.50. The van der Waals surface area contributed by atoms with E-state index in [-0.39, 0.29) is 0 Å². The minimum atomic E-state index is 0.616. The highest BCUT2D eigenvalue weighted by atomic mass is 16.1. The van der Waals surface area contributed by atoms with E-state index in [4.69, 9.17) is 0 Å². The third-order valence-electron chi connectivity index (χ3n) is 8.42. The first-order valence-corrected chi connectivity index (χ1v) is 18.0. The van der Waals surface area contributed by atoms with Crippen molar-refractivity contribution in [2.24, 2.45) is 5.92 Å². The van der Waals surface area contributed by atoms with Gasteiger partial charge in [0.1, 0.15) is 0 Å². The van der Waals surface area contributed by atoms with Crippen LogP contribution in [-0.4, -0.2) is 6.29 Å². The summed E-state index contributed by atoms with van der Waals surface area (Å²) in [6.45, 7) is 4.63. The van der Waals surface area contributed by atoms with Crippen molar-refractivity contribution in [3.05, 3.63) is 24.3 Å². The Labute approximate surface area is 247 Å². The topological polar surface area (TPSA) is 17.1 Å². The van der Waals surface area contributed by atoms with Crippen molar-refractivity contribution in [1.29, 1.82) is 0 Å². The standard InChI is InChI=1S/C38H71O/c1-3-5-7-9-11-20-23-27-31-35-38(34-30-26-10-8-6-4-2)36-32-28-24-21-18-16-14-12-13-15-17-19-22-25-29-33-37-39/h12-13,16,18,38H,3-11,14-15,17,19-36H2,1-2H3/b13-12-,18-16-. The molecule has 1 unspecified atom stereocenters. The van der Waals surface area contributed by atoms with Gasteiger partial charge in [-0.15, -0.1) is 0 Å². The average molecular weight is 544 g/mol. The lowest BCUT2D eigenvalue weighted by Gasteiger charge is -2.17. The molecular formula is C38H71O. The van der Waals surface area contributed by atoms with Crippen LogP contribution in [0, 0.1) is 5.92 Å². The number of hydrogen-bond donors (Lipinski definition) is 0. The minimum Gasteiger partial charge on any atom is -0.291 e. The van der Waals surface area contributed by atoms with E-state index in [1.165, 1.54) is 173 Å². The van der Waals surface area contributed by atoms with Crippen molar-refractivity contribution in [2.45, 2.75) is 206 Å². The van der Waals surface area contributed by atoms with E-state index < -0.39 is 0 Å². The molecule has 1 nitrogen and oxygen atoms in total. The van der Waals surface area contributed by atoms with Gasteiger partial charge < -0.3 is 0 Å². The van der Waals surface area contributed by atoms with Crippen LogP contribution < -0.4 is 0 Å². The fourth-order valence-electron chi connectivity index (χ4n) is 5.76. The van der Waals surface area contributed by atoms with Crippen LogP contribution in [0.2, 0.25) is 0 Å². The summed E-state index contributed by atoms with van der Waals surface area (Å²) in [5.41, 5.74) is 0. The Kier molecular flexibility index (Phi) is 34.4. The maximum atomic E-state index is 10.2. The Morgan fingerprint density at radius 3 is 1.23 bits per heavy atom. The Bertz CT molecular complexity index is 505. The summed E-state index contributed by atoms with van der Waals surface area (Å²) in [5, 5.41) is 0. The number of unbranched alkanes of at least 4 members (excludes halogenated alkanes) is 22. The van der Waals surface area contributed by atoms with Crippen molar-refractivity contribution in [3.8, 4) is 0 Å². The zero-order valence-corrected chi connectivity index (χ0v) is 27.0. The third-order valence-corrected chi connectivity index (χ3v) is 8.42. The molecule has 0 aliphatic carbocycles. The second kappa shape index (κ2) is 35.2. The van der Waals surface area contributed by atoms with Crippen LogP contribution >= 0.6 is 0 Å². The monoisotopic (exact) mass is 544 g/mol. The number of carbonyl (C=O) groups excluding carboxylic acids is 1. The average Bonchev–Trinajstić information content (AvgIpc) is 2.95. The van der Waals surface area contributed by atoms with Gasteiger partial charge in [0.05, 0.1) is 0 Å². The first-order valence-electron chi connectivity index (χ1n) is 18.0. The van der Waals surface area contributed by atoms with Gasteiger partial charge in [-0.05, 0) is 44.4 Å². The van der Waals surface area contributed by atoms with E-state index >= 15 is 0 Å². The van der Waals surface area contributed by atoms with E-state index in [1.807, 2.05) is 6.29 Å². The van der Waals surface area contributed by atoms with E-state index in [9.17, 15) is 4.79 Å². The molecule has 0 aliphatic heterocycles. The van der Waals surface area contributed by atoms with Crippen molar-refractivity contribution in [1.82, 2.24) is 0 Å². The van der Waals surface area contributed by atoms with Crippen LogP contribution in [0.1, 0.15) is 206 Å². The molecule has 0 heterocycles. The van der Waals surface area contributed by atoms with Gasteiger partial charge in [-0.3, -0.25) is 4.79 Å². The molecule has 0 aromatic rings. The first kappa shape index (κ1) is 38.1. The third kappa shape index (κ3) is 33.3. The van der Waals surface area contributed by atoms with Crippen molar-refractivity contribution in [3.63, 3.8) is 0 Å². The molecule has 0 N–H and O–H groups in total. The second-order valence-corrected chi connectivity index (χ2v) is 12.3. The van der Waals surface area contributed by atoms with Gasteiger partial charge >= 0.3 is 0 Å². The van der Waals surface area contributed by atoms with Gasteiger partial charge in [0.2, 0.25) is 0 Å². The van der Waals surface area contributed by atoms with Gasteiger partial charge in [-0.25, -0.2) is 0 Å². The predicted molar refractivity (Wildman–Crippen MR) is 177 cm³/mol. The summed E-state index contributed by atoms with van der Waals surface area (Å²) in [6, 6.07) is 0. The van der Waals surface area contributed by atoms with Crippen LogP contribution in [0.3, 0.4) is 0 Å². The van der Waals surface area contributed by atoms with E-state index in [2.05, 4.69) is 38.2 Å². The lowest BCUT2D eigenvalue weighted by molar-refractivity contribution is 0.367. The van der Waals surface area contributed by atoms with Gasteiger partial charge in [0.25, 0.3) is 0 Å². The SMILES string of the molecule is CCCCCCCCCCCC(CCCCC/C=C\C/C=C\CCCCCCC[C]=O)CCCCCCCC. The molecule has 0 aromatic heterocycles. The highest BCUT2D eigenvalue weighted by Gasteiger charge is 2.08. The zero-order valence-electron chi connectivity index (χ0n) is 27.0. The Balaban J connectivity index is 3.84. The molecule has 0 saturated heterocycles. The summed E-state index contributed by atoms with van der Waals surface area (Å²) < 4.78 is 0. The van der Waals surface area contributed by atoms with Crippen molar-refractivity contribution >= 4 is 6.29 Å². The normalized spacial score (nSPS) is 12.7. The van der Waals surface area contributed by atoms with Crippen LogP contribution in [0.4, 0.5) is 0 Å². The molecular weight excluding hydrogens is 472 g/mol. The van der Waals surface area contributed by atoms with Crippen molar-refractivity contribution < 1.29 is 4.79 Å². The molecule has 229 valence electrons. The fourth-order valence-corrected chi connectivity index (χ4v) is 5.76. The smallest absolute Gasteiger partial charge is 0.198 e. The van der Waals surface area contributed by atoms with Gasteiger partial charge in [-0.1, -0.05) is 186 Å². The zero-order chi connectivity index (χ0) is 28.3. The Morgan fingerprint density at radius 1 is 0.436 bits per heavy atom. The molecule has 1 heteroatoms. The van der Waals surface area contributed by atoms with Crippen molar-refractivity contribution in [2.75, 3.05) is 0 Å². The minimum absolute atomic E-state index is 0.616.